The Kier molecular flexibility index (Phi) is 5.66. The molecule has 6 heteroatoms. The number of rotatable bonds is 5. The van der Waals surface area contributed by atoms with Gasteiger partial charge in [-0.1, -0.05) is 41.4 Å². The normalized spacial score (nSPS) is 10.3. The zero-order valence-corrected chi connectivity index (χ0v) is 15.3. The second-order valence-electron chi connectivity index (χ2n) is 5.33. The highest BCUT2D eigenvalue weighted by atomic mass is 35.5. The Labute approximate surface area is 161 Å². The van der Waals surface area contributed by atoms with E-state index in [1.807, 2.05) is 24.3 Å². The fraction of sp³-hybridized carbons (Fsp3) is 0.0500. The van der Waals surface area contributed by atoms with E-state index in [1.54, 1.807) is 49.6 Å². The van der Waals surface area contributed by atoms with Crippen molar-refractivity contribution in [3.8, 4) is 17.2 Å². The molecule has 26 heavy (non-hydrogen) atoms. The lowest BCUT2D eigenvalue weighted by molar-refractivity contribution is 0.102. The summed E-state index contributed by atoms with van der Waals surface area (Å²) in [4.78, 5) is 12.4. The Bertz CT molecular complexity index is 906. The molecular formula is C20H15Cl2NO3. The molecule has 132 valence electrons. The second-order valence-corrected chi connectivity index (χ2v) is 6.14. The smallest absolute Gasteiger partial charge is 0.258 e. The van der Waals surface area contributed by atoms with Gasteiger partial charge in [0, 0.05) is 5.69 Å². The van der Waals surface area contributed by atoms with Gasteiger partial charge in [-0.05, 0) is 48.5 Å². The Hall–Kier alpha value is -2.69. The lowest BCUT2D eigenvalue weighted by Gasteiger charge is -2.11. The third-order valence-corrected chi connectivity index (χ3v) is 4.23. The van der Waals surface area contributed by atoms with Crippen LogP contribution in [0.4, 0.5) is 5.69 Å². The maximum atomic E-state index is 12.4. The highest BCUT2D eigenvalue weighted by molar-refractivity contribution is 6.40. The van der Waals surface area contributed by atoms with Gasteiger partial charge in [-0.2, -0.15) is 0 Å². The summed E-state index contributed by atoms with van der Waals surface area (Å²) < 4.78 is 11.1. The highest BCUT2D eigenvalue weighted by Gasteiger charge is 2.14. The zero-order chi connectivity index (χ0) is 18.5. The van der Waals surface area contributed by atoms with E-state index in [0.717, 1.165) is 0 Å². The molecule has 3 rings (SSSR count). The van der Waals surface area contributed by atoms with Gasteiger partial charge in [-0.3, -0.25) is 4.79 Å². The minimum absolute atomic E-state index is 0.241. The van der Waals surface area contributed by atoms with Crippen LogP contribution in [0.1, 0.15) is 10.4 Å². The minimum atomic E-state index is -0.376. The van der Waals surface area contributed by atoms with Crippen LogP contribution in [0.15, 0.2) is 66.7 Å². The largest absolute Gasteiger partial charge is 0.493 e. The number of carbonyl (C=O) groups is 1. The molecule has 0 radical (unpaired) electrons. The molecule has 0 aliphatic heterocycles. The summed E-state index contributed by atoms with van der Waals surface area (Å²) in [5.74, 6) is 1.48. The quantitative estimate of drug-likeness (QED) is 0.579. The van der Waals surface area contributed by atoms with E-state index in [4.69, 9.17) is 32.7 Å². The molecule has 3 aromatic rings. The molecule has 0 bridgehead atoms. The van der Waals surface area contributed by atoms with Crippen molar-refractivity contribution in [1.82, 2.24) is 0 Å². The number of hydrogen-bond acceptors (Lipinski definition) is 3. The van der Waals surface area contributed by atoms with Gasteiger partial charge in [0.1, 0.15) is 5.75 Å². The van der Waals surface area contributed by atoms with E-state index in [0.29, 0.717) is 33.0 Å². The zero-order valence-electron chi connectivity index (χ0n) is 13.8. The summed E-state index contributed by atoms with van der Waals surface area (Å²) in [7, 11) is 1.58. The predicted octanol–water partition coefficient (Wildman–Crippen LogP) is 6.05. The van der Waals surface area contributed by atoms with Crippen LogP contribution in [-0.2, 0) is 0 Å². The number of amides is 1. The lowest BCUT2D eigenvalue weighted by Crippen LogP contribution is -2.13. The van der Waals surface area contributed by atoms with Crippen molar-refractivity contribution >= 4 is 34.8 Å². The number of halogens is 2. The van der Waals surface area contributed by atoms with E-state index < -0.39 is 0 Å². The fourth-order valence-electron chi connectivity index (χ4n) is 2.34. The molecule has 3 aromatic carbocycles. The first-order valence-corrected chi connectivity index (χ1v) is 8.50. The van der Waals surface area contributed by atoms with Crippen molar-refractivity contribution in [3.63, 3.8) is 0 Å². The van der Waals surface area contributed by atoms with Gasteiger partial charge in [0.25, 0.3) is 5.91 Å². The van der Waals surface area contributed by atoms with E-state index in [1.165, 1.54) is 0 Å². The third-order valence-electron chi connectivity index (χ3n) is 3.60. The first kappa shape index (κ1) is 18.1. The van der Waals surface area contributed by atoms with Crippen molar-refractivity contribution in [1.29, 1.82) is 0 Å². The van der Waals surface area contributed by atoms with Crippen LogP contribution in [0.25, 0.3) is 0 Å². The highest BCUT2D eigenvalue weighted by Crippen LogP contribution is 2.31. The number of ether oxygens (including phenoxy) is 2. The molecule has 0 aliphatic carbocycles. The molecule has 0 fully saturated rings. The monoisotopic (exact) mass is 387 g/mol. The average Bonchev–Trinajstić information content (AvgIpc) is 2.63. The summed E-state index contributed by atoms with van der Waals surface area (Å²) in [6.45, 7) is 0. The van der Waals surface area contributed by atoms with Crippen LogP contribution in [-0.4, -0.2) is 13.0 Å². The number of carbonyl (C=O) groups excluding carboxylic acids is 1. The number of hydrogen-bond donors (Lipinski definition) is 1. The minimum Gasteiger partial charge on any atom is -0.493 e. The van der Waals surface area contributed by atoms with Gasteiger partial charge >= 0.3 is 0 Å². The Morgan fingerprint density at radius 2 is 1.46 bits per heavy atom. The van der Waals surface area contributed by atoms with Crippen LogP contribution >= 0.6 is 23.2 Å². The van der Waals surface area contributed by atoms with Crippen LogP contribution in [0.2, 0.25) is 10.0 Å². The number of nitrogens with one attached hydrogen (secondary N) is 1. The molecule has 1 amide bonds. The van der Waals surface area contributed by atoms with Gasteiger partial charge in [-0.15, -0.1) is 0 Å². The van der Waals surface area contributed by atoms with Gasteiger partial charge < -0.3 is 14.8 Å². The summed E-state index contributed by atoms with van der Waals surface area (Å²) in [6, 6.07) is 19.2. The van der Waals surface area contributed by atoms with E-state index in [-0.39, 0.29) is 11.5 Å². The molecule has 0 atom stereocenters. The molecule has 0 heterocycles. The Morgan fingerprint density at radius 1 is 0.846 bits per heavy atom. The van der Waals surface area contributed by atoms with Gasteiger partial charge in [0.2, 0.25) is 0 Å². The summed E-state index contributed by atoms with van der Waals surface area (Å²) in [5, 5.41) is 3.36. The summed E-state index contributed by atoms with van der Waals surface area (Å²) in [5.41, 5.74) is 0.837. The van der Waals surface area contributed by atoms with Gasteiger partial charge in [0.15, 0.2) is 11.5 Å². The molecule has 0 spiro atoms. The second kappa shape index (κ2) is 8.13. The molecule has 0 unspecified atom stereocenters. The van der Waals surface area contributed by atoms with E-state index >= 15 is 0 Å². The standard InChI is InChI=1S/C20H15Cl2NO3/c1-25-17-7-2-3-8-18(17)26-14-11-9-13(10-12-14)23-20(24)19-15(21)5-4-6-16(19)22/h2-12H,1H3,(H,23,24). The van der Waals surface area contributed by atoms with E-state index in [2.05, 4.69) is 5.32 Å². The van der Waals surface area contributed by atoms with E-state index in [9.17, 15) is 4.79 Å². The third kappa shape index (κ3) is 4.10. The number of para-hydroxylation sites is 2. The number of methoxy groups -OCH3 is 1. The topological polar surface area (TPSA) is 47.6 Å². The van der Waals surface area contributed by atoms with Crippen LogP contribution in [0.5, 0.6) is 17.2 Å². The van der Waals surface area contributed by atoms with Crippen molar-refractivity contribution in [2.24, 2.45) is 0 Å². The fourth-order valence-corrected chi connectivity index (χ4v) is 2.91. The van der Waals surface area contributed by atoms with Crippen LogP contribution in [0, 0.1) is 0 Å². The van der Waals surface area contributed by atoms with Crippen LogP contribution in [0.3, 0.4) is 0 Å². The Balaban J connectivity index is 1.73. The Morgan fingerprint density at radius 3 is 2.08 bits per heavy atom. The molecular weight excluding hydrogens is 373 g/mol. The first-order valence-electron chi connectivity index (χ1n) is 7.75. The SMILES string of the molecule is COc1ccccc1Oc1ccc(NC(=O)c2c(Cl)cccc2Cl)cc1. The summed E-state index contributed by atoms with van der Waals surface area (Å²) in [6.07, 6.45) is 0. The van der Waals surface area contributed by atoms with Crippen molar-refractivity contribution in [2.75, 3.05) is 12.4 Å². The molecule has 0 saturated heterocycles. The van der Waals surface area contributed by atoms with Crippen molar-refractivity contribution in [2.45, 2.75) is 0 Å². The predicted molar refractivity (Wildman–Crippen MR) is 104 cm³/mol. The summed E-state index contributed by atoms with van der Waals surface area (Å²) >= 11 is 12.1. The van der Waals surface area contributed by atoms with Gasteiger partial charge in [-0.25, -0.2) is 0 Å². The average molecular weight is 388 g/mol. The molecule has 0 aromatic heterocycles. The maximum absolute atomic E-state index is 12.4. The van der Waals surface area contributed by atoms with Crippen LogP contribution < -0.4 is 14.8 Å². The number of anilines is 1. The first-order chi connectivity index (χ1) is 12.6. The molecule has 4 nitrogen and oxygen atoms in total. The molecule has 1 N–H and O–H groups in total. The van der Waals surface area contributed by atoms with Crippen molar-refractivity contribution in [3.05, 3.63) is 82.3 Å². The molecule has 0 aliphatic rings. The molecule has 0 saturated carbocycles. The van der Waals surface area contributed by atoms with Gasteiger partial charge in [0.05, 0.1) is 22.7 Å². The lowest BCUT2D eigenvalue weighted by atomic mass is 10.2. The maximum Gasteiger partial charge on any atom is 0.258 e. The van der Waals surface area contributed by atoms with Crippen molar-refractivity contribution < 1.29 is 14.3 Å². The number of benzene rings is 3.